The molecule has 2 N–H and O–H groups in total. The molecular formula is C37H45FN6O4. The number of benzene rings is 2. The smallest absolute Gasteiger partial charge is 0.407 e. The summed E-state index contributed by atoms with van der Waals surface area (Å²) < 4.78 is 17.1. The molecule has 1 aliphatic heterocycles. The minimum atomic E-state index is -0.990. The van der Waals surface area contributed by atoms with Crippen LogP contribution in [0.3, 0.4) is 0 Å². The summed E-state index contributed by atoms with van der Waals surface area (Å²) in [6, 6.07) is 17.3. The third-order valence-corrected chi connectivity index (χ3v) is 9.65. The zero-order valence-corrected chi connectivity index (χ0v) is 28.3. The van der Waals surface area contributed by atoms with Gasteiger partial charge in [0.2, 0.25) is 0 Å². The zero-order valence-electron chi connectivity index (χ0n) is 28.3. The Hall–Kier alpha value is -4.35. The lowest BCUT2D eigenvalue weighted by Gasteiger charge is -2.42. The summed E-state index contributed by atoms with van der Waals surface area (Å²) in [5, 5.41) is 13.5. The first-order valence-corrected chi connectivity index (χ1v) is 16.8. The van der Waals surface area contributed by atoms with Crippen LogP contribution in [0.15, 0.2) is 70.4 Å². The topological polar surface area (TPSA) is 113 Å². The van der Waals surface area contributed by atoms with Crippen molar-refractivity contribution in [1.82, 2.24) is 29.2 Å². The number of aromatic nitrogens is 3. The van der Waals surface area contributed by atoms with E-state index in [1.54, 1.807) is 6.07 Å². The molecule has 0 bridgehead atoms. The summed E-state index contributed by atoms with van der Waals surface area (Å²) in [6.07, 6.45) is 1.90. The number of rotatable bonds is 6. The minimum absolute atomic E-state index is 0.0184. The first kappa shape index (κ1) is 33.5. The summed E-state index contributed by atoms with van der Waals surface area (Å²) in [4.78, 5) is 48.3. The lowest BCUT2D eigenvalue weighted by molar-refractivity contribution is 0.0506. The molecule has 0 unspecified atom stereocenters. The molecule has 1 saturated heterocycles. The van der Waals surface area contributed by atoms with Crippen LogP contribution in [0.1, 0.15) is 71.9 Å². The van der Waals surface area contributed by atoms with Gasteiger partial charge in [0.15, 0.2) is 5.65 Å². The van der Waals surface area contributed by atoms with Gasteiger partial charge in [0.1, 0.15) is 5.82 Å². The first-order valence-electron chi connectivity index (χ1n) is 16.8. The van der Waals surface area contributed by atoms with E-state index in [2.05, 4.69) is 53.3 Å². The van der Waals surface area contributed by atoms with Gasteiger partial charge in [-0.3, -0.25) is 14.3 Å². The van der Waals surface area contributed by atoms with Gasteiger partial charge >= 0.3 is 11.8 Å². The SMILES string of the molecule is C[C@@H]1CN(Cc2ccc(-c3cccc(-n4c(=O)n(C5CCC(N(C(=O)O)C(C)(C)C)CC5)c(=O)c5cc(F)cnc54)c3)cc2)C[C@H](C)N1. The van der Waals surface area contributed by atoms with Crippen LogP contribution in [0.2, 0.25) is 0 Å². The number of fused-ring (bicyclic) bond motifs is 1. The molecule has 1 saturated carbocycles. The number of hydrogen-bond acceptors (Lipinski definition) is 6. The van der Waals surface area contributed by atoms with Gasteiger partial charge in [0.25, 0.3) is 5.56 Å². The monoisotopic (exact) mass is 656 g/mol. The molecule has 11 heteroatoms. The fourth-order valence-electron chi connectivity index (χ4n) is 7.76. The van der Waals surface area contributed by atoms with Crippen molar-refractivity contribution in [3.05, 3.63) is 93.0 Å². The number of pyridine rings is 1. The molecule has 2 aromatic carbocycles. The highest BCUT2D eigenvalue weighted by Crippen LogP contribution is 2.33. The lowest BCUT2D eigenvalue weighted by atomic mass is 9.88. The Morgan fingerprint density at radius 1 is 0.979 bits per heavy atom. The van der Waals surface area contributed by atoms with E-state index in [1.807, 2.05) is 39.0 Å². The van der Waals surface area contributed by atoms with E-state index in [0.717, 1.165) is 43.0 Å². The summed E-state index contributed by atoms with van der Waals surface area (Å²) in [7, 11) is 0. The fourth-order valence-corrected chi connectivity index (χ4v) is 7.76. The third kappa shape index (κ3) is 6.79. The Morgan fingerprint density at radius 3 is 2.27 bits per heavy atom. The molecule has 254 valence electrons. The number of amides is 1. The third-order valence-electron chi connectivity index (χ3n) is 9.65. The van der Waals surface area contributed by atoms with Gasteiger partial charge in [-0.25, -0.2) is 23.5 Å². The highest BCUT2D eigenvalue weighted by molar-refractivity contribution is 5.76. The normalized spacial score (nSPS) is 22.1. The Morgan fingerprint density at radius 2 is 1.65 bits per heavy atom. The van der Waals surface area contributed by atoms with Crippen molar-refractivity contribution in [2.24, 2.45) is 0 Å². The van der Waals surface area contributed by atoms with Crippen LogP contribution in [0.4, 0.5) is 9.18 Å². The van der Waals surface area contributed by atoms with Gasteiger partial charge in [-0.1, -0.05) is 36.4 Å². The van der Waals surface area contributed by atoms with Crippen LogP contribution < -0.4 is 16.6 Å². The van der Waals surface area contributed by atoms with Gasteiger partial charge in [0.05, 0.1) is 17.3 Å². The molecule has 2 atom stereocenters. The Bertz CT molecular complexity index is 1910. The number of nitrogens with one attached hydrogen (secondary N) is 1. The van der Waals surface area contributed by atoms with Crippen molar-refractivity contribution in [2.45, 2.75) is 96.6 Å². The highest BCUT2D eigenvalue weighted by Gasteiger charge is 2.37. The maximum atomic E-state index is 14.5. The molecule has 4 aromatic rings. The molecule has 1 aliphatic carbocycles. The summed E-state index contributed by atoms with van der Waals surface area (Å²) in [5.41, 5.74) is 1.97. The van der Waals surface area contributed by atoms with Crippen molar-refractivity contribution in [3.8, 4) is 16.8 Å². The molecule has 0 spiro atoms. The van der Waals surface area contributed by atoms with Crippen molar-refractivity contribution >= 4 is 17.1 Å². The Labute approximate surface area is 279 Å². The average Bonchev–Trinajstić information content (AvgIpc) is 3.01. The van der Waals surface area contributed by atoms with Crippen LogP contribution in [0, 0.1) is 5.82 Å². The van der Waals surface area contributed by atoms with Crippen LogP contribution in [0.5, 0.6) is 0 Å². The van der Waals surface area contributed by atoms with Gasteiger partial charge in [-0.05, 0) is 95.2 Å². The van der Waals surface area contributed by atoms with E-state index in [-0.39, 0.29) is 17.1 Å². The van der Waals surface area contributed by atoms with Gasteiger partial charge in [-0.15, -0.1) is 0 Å². The zero-order chi connectivity index (χ0) is 34.3. The summed E-state index contributed by atoms with van der Waals surface area (Å²) in [5.74, 6) is -0.666. The van der Waals surface area contributed by atoms with Crippen LogP contribution >= 0.6 is 0 Å². The standard InChI is InChI=1S/C37H45FN6O4/c1-23-20-41(21-24(2)40-23)22-25-9-11-26(12-10-25)27-7-6-8-31(17-27)42-33-32(18-28(38)19-39-33)34(45)43(35(42)46)29-13-15-30(16-14-29)44(36(47)48)37(3,4)5/h6-12,17-19,23-24,29-30,40H,13-16,20-22H2,1-5H3,(H,47,48)/t23-,24+,29?,30?. The number of halogens is 1. The molecule has 2 fully saturated rings. The average molecular weight is 657 g/mol. The van der Waals surface area contributed by atoms with E-state index in [4.69, 9.17) is 0 Å². The number of nitrogens with zero attached hydrogens (tertiary/aromatic N) is 5. The van der Waals surface area contributed by atoms with Gasteiger partial charge < -0.3 is 15.3 Å². The molecule has 3 heterocycles. The quantitative estimate of drug-likeness (QED) is 0.270. The Kier molecular flexibility index (Phi) is 9.28. The number of carboxylic acid groups (broad SMARTS) is 1. The first-order chi connectivity index (χ1) is 22.8. The van der Waals surface area contributed by atoms with E-state index in [0.29, 0.717) is 43.5 Å². The maximum absolute atomic E-state index is 14.5. The molecule has 6 rings (SSSR count). The highest BCUT2D eigenvalue weighted by atomic mass is 19.1. The number of hydrogen-bond donors (Lipinski definition) is 2. The fraction of sp³-hybridized carbons (Fsp3) is 0.459. The summed E-state index contributed by atoms with van der Waals surface area (Å²) >= 11 is 0. The van der Waals surface area contributed by atoms with E-state index in [1.165, 1.54) is 19.6 Å². The van der Waals surface area contributed by atoms with Crippen molar-refractivity contribution in [2.75, 3.05) is 13.1 Å². The molecular weight excluding hydrogens is 611 g/mol. The molecule has 0 radical (unpaired) electrons. The largest absolute Gasteiger partial charge is 0.465 e. The van der Waals surface area contributed by atoms with Crippen LogP contribution in [-0.2, 0) is 6.54 Å². The lowest BCUT2D eigenvalue weighted by Crippen LogP contribution is -2.53. The van der Waals surface area contributed by atoms with Crippen LogP contribution in [-0.4, -0.2) is 71.9 Å². The molecule has 1 amide bonds. The predicted octanol–water partition coefficient (Wildman–Crippen LogP) is 5.80. The van der Waals surface area contributed by atoms with Crippen molar-refractivity contribution < 1.29 is 14.3 Å². The second kappa shape index (κ2) is 13.3. The second-order valence-corrected chi connectivity index (χ2v) is 14.5. The van der Waals surface area contributed by atoms with E-state index >= 15 is 0 Å². The molecule has 48 heavy (non-hydrogen) atoms. The van der Waals surface area contributed by atoms with Crippen molar-refractivity contribution in [3.63, 3.8) is 0 Å². The van der Waals surface area contributed by atoms with E-state index < -0.39 is 34.7 Å². The van der Waals surface area contributed by atoms with Gasteiger partial charge in [-0.2, -0.15) is 0 Å². The van der Waals surface area contributed by atoms with Gasteiger partial charge in [0, 0.05) is 49.3 Å². The molecule has 10 nitrogen and oxygen atoms in total. The maximum Gasteiger partial charge on any atom is 0.407 e. The minimum Gasteiger partial charge on any atom is -0.465 e. The van der Waals surface area contributed by atoms with Crippen molar-refractivity contribution in [1.29, 1.82) is 0 Å². The second-order valence-electron chi connectivity index (χ2n) is 14.5. The summed E-state index contributed by atoms with van der Waals surface area (Å²) in [6.45, 7) is 12.9. The molecule has 2 aliphatic rings. The van der Waals surface area contributed by atoms with Crippen LogP contribution in [0.25, 0.3) is 27.8 Å². The number of carbonyl (C=O) groups is 1. The van der Waals surface area contributed by atoms with E-state index in [9.17, 15) is 23.9 Å². The number of piperazine rings is 1. The predicted molar refractivity (Wildman–Crippen MR) is 185 cm³/mol. The molecule has 2 aromatic heterocycles. The Balaban J connectivity index is 1.33.